The quantitative estimate of drug-likeness (QED) is 0.623. The number of hydrogen-bond acceptors (Lipinski definition) is 2. The molecular formula is C15H32N2. The molecule has 1 aliphatic rings. The van der Waals surface area contributed by atoms with Gasteiger partial charge in [0.2, 0.25) is 0 Å². The van der Waals surface area contributed by atoms with Gasteiger partial charge in [-0.3, -0.25) is 0 Å². The molecule has 0 aromatic rings. The van der Waals surface area contributed by atoms with Crippen molar-refractivity contribution in [3.8, 4) is 0 Å². The van der Waals surface area contributed by atoms with Gasteiger partial charge >= 0.3 is 0 Å². The van der Waals surface area contributed by atoms with Gasteiger partial charge in [0.1, 0.15) is 0 Å². The number of hydrogen-bond donors (Lipinski definition) is 1. The molecule has 1 aliphatic heterocycles. The lowest BCUT2D eigenvalue weighted by Gasteiger charge is -2.17. The Morgan fingerprint density at radius 1 is 1.18 bits per heavy atom. The van der Waals surface area contributed by atoms with Crippen LogP contribution in [0.25, 0.3) is 0 Å². The first-order chi connectivity index (χ1) is 8.24. The zero-order valence-corrected chi connectivity index (χ0v) is 12.2. The van der Waals surface area contributed by atoms with Crippen molar-refractivity contribution in [2.24, 2.45) is 11.8 Å². The molecule has 102 valence electrons. The van der Waals surface area contributed by atoms with Crippen LogP contribution in [-0.2, 0) is 0 Å². The summed E-state index contributed by atoms with van der Waals surface area (Å²) >= 11 is 0. The summed E-state index contributed by atoms with van der Waals surface area (Å²) in [5.41, 5.74) is 0. The highest BCUT2D eigenvalue weighted by molar-refractivity contribution is 4.77. The first-order valence-corrected chi connectivity index (χ1v) is 7.67. The summed E-state index contributed by atoms with van der Waals surface area (Å²) in [7, 11) is 0. The van der Waals surface area contributed by atoms with Gasteiger partial charge < -0.3 is 10.2 Å². The second-order valence-electron chi connectivity index (χ2n) is 5.86. The third kappa shape index (κ3) is 6.42. The van der Waals surface area contributed by atoms with E-state index in [1.54, 1.807) is 0 Å². The maximum atomic E-state index is 3.39. The van der Waals surface area contributed by atoms with Crippen LogP contribution >= 0.6 is 0 Å². The van der Waals surface area contributed by atoms with Crippen molar-refractivity contribution < 1.29 is 0 Å². The van der Waals surface area contributed by atoms with Crippen molar-refractivity contribution in [3.05, 3.63) is 0 Å². The fourth-order valence-corrected chi connectivity index (χ4v) is 2.73. The lowest BCUT2D eigenvalue weighted by molar-refractivity contribution is 0.296. The van der Waals surface area contributed by atoms with Gasteiger partial charge in [-0.25, -0.2) is 0 Å². The maximum absolute atomic E-state index is 3.39. The van der Waals surface area contributed by atoms with Gasteiger partial charge in [0.15, 0.2) is 0 Å². The molecule has 17 heavy (non-hydrogen) atoms. The van der Waals surface area contributed by atoms with Crippen LogP contribution in [0.2, 0.25) is 0 Å². The molecule has 1 unspecified atom stereocenters. The Labute approximate surface area is 108 Å². The van der Waals surface area contributed by atoms with E-state index in [1.165, 1.54) is 58.3 Å². The summed E-state index contributed by atoms with van der Waals surface area (Å²) in [5, 5.41) is 3.39. The molecule has 2 nitrogen and oxygen atoms in total. The Morgan fingerprint density at radius 2 is 1.94 bits per heavy atom. The van der Waals surface area contributed by atoms with E-state index >= 15 is 0 Å². The minimum atomic E-state index is 0.875. The fourth-order valence-electron chi connectivity index (χ4n) is 2.73. The van der Waals surface area contributed by atoms with E-state index in [0.717, 1.165) is 18.4 Å². The third-order valence-corrected chi connectivity index (χ3v) is 4.08. The summed E-state index contributed by atoms with van der Waals surface area (Å²) in [5.74, 6) is 1.84. The SMILES string of the molecule is CCNCCCCCCN1CCC(C(C)C)C1. The van der Waals surface area contributed by atoms with Gasteiger partial charge in [0.25, 0.3) is 0 Å². The van der Waals surface area contributed by atoms with E-state index in [0.29, 0.717) is 0 Å². The standard InChI is InChI=1S/C15H32N2/c1-4-16-10-7-5-6-8-11-17-12-9-15(13-17)14(2)3/h14-16H,4-13H2,1-3H3. The Kier molecular flexibility index (Phi) is 7.87. The molecule has 1 atom stereocenters. The van der Waals surface area contributed by atoms with Crippen LogP contribution in [-0.4, -0.2) is 37.6 Å². The Hall–Kier alpha value is -0.0800. The smallest absolute Gasteiger partial charge is 0.00126 e. The highest BCUT2D eigenvalue weighted by atomic mass is 15.1. The second kappa shape index (κ2) is 8.93. The fraction of sp³-hybridized carbons (Fsp3) is 1.00. The summed E-state index contributed by atoms with van der Waals surface area (Å²) in [6.45, 7) is 13.3. The molecule has 0 radical (unpaired) electrons. The van der Waals surface area contributed by atoms with E-state index in [-0.39, 0.29) is 0 Å². The average Bonchev–Trinajstić information content (AvgIpc) is 2.77. The van der Waals surface area contributed by atoms with Crippen LogP contribution in [0.4, 0.5) is 0 Å². The number of rotatable bonds is 9. The first kappa shape index (κ1) is 15.0. The number of nitrogens with one attached hydrogen (secondary N) is 1. The van der Waals surface area contributed by atoms with E-state index < -0.39 is 0 Å². The molecule has 1 fully saturated rings. The first-order valence-electron chi connectivity index (χ1n) is 7.67. The van der Waals surface area contributed by atoms with Crippen molar-refractivity contribution >= 4 is 0 Å². The summed E-state index contributed by atoms with van der Waals surface area (Å²) in [4.78, 5) is 2.68. The summed E-state index contributed by atoms with van der Waals surface area (Å²) in [6, 6.07) is 0. The third-order valence-electron chi connectivity index (χ3n) is 4.08. The van der Waals surface area contributed by atoms with E-state index in [9.17, 15) is 0 Å². The van der Waals surface area contributed by atoms with Crippen molar-refractivity contribution in [3.63, 3.8) is 0 Å². The predicted octanol–water partition coefficient (Wildman–Crippen LogP) is 3.13. The number of nitrogens with zero attached hydrogens (tertiary/aromatic N) is 1. The van der Waals surface area contributed by atoms with Crippen LogP contribution in [0.15, 0.2) is 0 Å². The minimum absolute atomic E-state index is 0.875. The number of likely N-dealkylation sites (tertiary alicyclic amines) is 1. The van der Waals surface area contributed by atoms with E-state index in [4.69, 9.17) is 0 Å². The van der Waals surface area contributed by atoms with Gasteiger partial charge in [0, 0.05) is 6.54 Å². The predicted molar refractivity (Wildman–Crippen MR) is 76.4 cm³/mol. The Balaban J connectivity index is 1.90. The van der Waals surface area contributed by atoms with Crippen molar-refractivity contribution in [2.45, 2.75) is 52.9 Å². The Bertz CT molecular complexity index is 180. The average molecular weight is 240 g/mol. The monoisotopic (exact) mass is 240 g/mol. The lowest BCUT2D eigenvalue weighted by atomic mass is 9.95. The van der Waals surface area contributed by atoms with Crippen molar-refractivity contribution in [1.29, 1.82) is 0 Å². The highest BCUT2D eigenvalue weighted by Crippen LogP contribution is 2.23. The molecule has 2 heteroatoms. The van der Waals surface area contributed by atoms with Crippen LogP contribution in [0.5, 0.6) is 0 Å². The van der Waals surface area contributed by atoms with Gasteiger partial charge in [-0.2, -0.15) is 0 Å². The summed E-state index contributed by atoms with van der Waals surface area (Å²) in [6.07, 6.45) is 6.99. The van der Waals surface area contributed by atoms with Crippen molar-refractivity contribution in [1.82, 2.24) is 10.2 Å². The Morgan fingerprint density at radius 3 is 2.59 bits per heavy atom. The topological polar surface area (TPSA) is 15.3 Å². The van der Waals surface area contributed by atoms with Crippen molar-refractivity contribution in [2.75, 3.05) is 32.7 Å². The summed E-state index contributed by atoms with van der Waals surface area (Å²) < 4.78 is 0. The van der Waals surface area contributed by atoms with Crippen LogP contribution in [0.1, 0.15) is 52.9 Å². The van der Waals surface area contributed by atoms with Crippen LogP contribution in [0.3, 0.4) is 0 Å². The van der Waals surface area contributed by atoms with Gasteiger partial charge in [-0.05, 0) is 57.3 Å². The zero-order chi connectivity index (χ0) is 12.5. The largest absolute Gasteiger partial charge is 0.317 e. The number of unbranched alkanes of at least 4 members (excludes halogenated alkanes) is 3. The molecule has 1 N–H and O–H groups in total. The molecule has 0 saturated carbocycles. The highest BCUT2D eigenvalue weighted by Gasteiger charge is 2.23. The zero-order valence-electron chi connectivity index (χ0n) is 12.2. The molecular weight excluding hydrogens is 208 g/mol. The van der Waals surface area contributed by atoms with E-state index in [1.807, 2.05) is 0 Å². The van der Waals surface area contributed by atoms with Crippen LogP contribution < -0.4 is 5.32 Å². The maximum Gasteiger partial charge on any atom is 0.00126 e. The molecule has 0 aliphatic carbocycles. The van der Waals surface area contributed by atoms with E-state index in [2.05, 4.69) is 31.0 Å². The molecule has 1 heterocycles. The second-order valence-corrected chi connectivity index (χ2v) is 5.86. The molecule has 0 amide bonds. The molecule has 1 rings (SSSR count). The molecule has 1 saturated heterocycles. The molecule has 0 aromatic carbocycles. The molecule has 0 aromatic heterocycles. The molecule has 0 spiro atoms. The lowest BCUT2D eigenvalue weighted by Crippen LogP contribution is -2.23. The van der Waals surface area contributed by atoms with Gasteiger partial charge in [-0.15, -0.1) is 0 Å². The normalized spacial score (nSPS) is 21.5. The van der Waals surface area contributed by atoms with Gasteiger partial charge in [0.05, 0.1) is 0 Å². The molecule has 0 bridgehead atoms. The van der Waals surface area contributed by atoms with Gasteiger partial charge in [-0.1, -0.05) is 33.6 Å². The van der Waals surface area contributed by atoms with Crippen LogP contribution in [0, 0.1) is 11.8 Å². The minimum Gasteiger partial charge on any atom is -0.317 e.